The molecule has 1 amide bonds. The summed E-state index contributed by atoms with van der Waals surface area (Å²) < 4.78 is 0.564. The van der Waals surface area contributed by atoms with Crippen LogP contribution >= 0.6 is 15.9 Å². The Morgan fingerprint density at radius 3 is 2.26 bits per heavy atom. The van der Waals surface area contributed by atoms with Gasteiger partial charge in [-0.1, -0.05) is 54.6 Å². The Morgan fingerprint density at radius 1 is 0.926 bits per heavy atom. The number of halogens is 1. The van der Waals surface area contributed by atoms with Crippen LogP contribution in [0.2, 0.25) is 0 Å². The Hall–Kier alpha value is -3.18. The molecule has 27 heavy (non-hydrogen) atoms. The number of aliphatic imine (C=N–C) groups is 1. The molecule has 0 spiro atoms. The van der Waals surface area contributed by atoms with Crippen molar-refractivity contribution in [3.05, 3.63) is 100 Å². The zero-order valence-electron chi connectivity index (χ0n) is 14.2. The number of anilines is 1. The van der Waals surface area contributed by atoms with Gasteiger partial charge in [0.15, 0.2) is 0 Å². The molecular weight excluding hydrogens is 404 g/mol. The van der Waals surface area contributed by atoms with Gasteiger partial charge in [-0.2, -0.15) is 0 Å². The fraction of sp³-hybridized carbons (Fsp3) is 0. The van der Waals surface area contributed by atoms with Crippen LogP contribution in [0, 0.1) is 0 Å². The maximum absolute atomic E-state index is 13.1. The van der Waals surface area contributed by atoms with Gasteiger partial charge in [0.05, 0.1) is 10.2 Å². The minimum atomic E-state index is -0.191. The number of para-hydroxylation sites is 1. The van der Waals surface area contributed by atoms with Crippen LogP contribution in [0.25, 0.3) is 6.08 Å². The molecule has 0 saturated heterocycles. The number of benzene rings is 3. The van der Waals surface area contributed by atoms with Gasteiger partial charge in [-0.25, -0.2) is 4.99 Å². The lowest BCUT2D eigenvalue weighted by Crippen LogP contribution is -2.32. The number of rotatable bonds is 3. The second-order valence-corrected chi connectivity index (χ2v) is 6.87. The molecule has 0 fully saturated rings. The van der Waals surface area contributed by atoms with Gasteiger partial charge in [0.1, 0.15) is 17.3 Å². The van der Waals surface area contributed by atoms with Crippen molar-refractivity contribution in [2.24, 2.45) is 4.99 Å². The van der Waals surface area contributed by atoms with Gasteiger partial charge in [0.2, 0.25) is 0 Å². The van der Waals surface area contributed by atoms with E-state index in [1.807, 2.05) is 60.7 Å². The molecule has 0 saturated carbocycles. The Balaban J connectivity index is 1.82. The fourth-order valence-corrected chi connectivity index (χ4v) is 3.28. The SMILES string of the molecule is O=C1/C(=C\c2ccc(O)c(Br)c2)N=C(c2ccccc2)N1c1ccccc1. The first-order valence-corrected chi connectivity index (χ1v) is 9.16. The molecule has 1 heterocycles. The van der Waals surface area contributed by atoms with Crippen LogP contribution in [-0.2, 0) is 4.79 Å². The molecule has 0 aliphatic carbocycles. The first kappa shape index (κ1) is 17.2. The van der Waals surface area contributed by atoms with E-state index in [1.165, 1.54) is 0 Å². The number of carbonyl (C=O) groups excluding carboxylic acids is 1. The number of amides is 1. The molecule has 4 nitrogen and oxygen atoms in total. The molecule has 3 aromatic carbocycles. The first-order valence-electron chi connectivity index (χ1n) is 8.37. The summed E-state index contributed by atoms with van der Waals surface area (Å²) in [4.78, 5) is 19.4. The standard InChI is InChI=1S/C22H15BrN2O2/c23-18-13-15(11-12-20(18)26)14-19-22(27)25(17-9-5-2-6-10-17)21(24-19)16-7-3-1-4-8-16/h1-14,26H/b19-14+. The average molecular weight is 419 g/mol. The van der Waals surface area contributed by atoms with E-state index in [0.29, 0.717) is 16.0 Å². The molecule has 1 aliphatic rings. The molecule has 5 heteroatoms. The lowest BCUT2D eigenvalue weighted by atomic mass is 10.1. The minimum absolute atomic E-state index is 0.147. The van der Waals surface area contributed by atoms with Crippen molar-refractivity contribution >= 4 is 39.4 Å². The van der Waals surface area contributed by atoms with E-state index in [9.17, 15) is 9.90 Å². The van der Waals surface area contributed by atoms with Crippen molar-refractivity contribution in [2.45, 2.75) is 0 Å². The molecule has 4 rings (SSSR count). The second kappa shape index (κ2) is 7.21. The molecule has 132 valence electrons. The van der Waals surface area contributed by atoms with Crippen molar-refractivity contribution < 1.29 is 9.90 Å². The predicted molar refractivity (Wildman–Crippen MR) is 111 cm³/mol. The van der Waals surface area contributed by atoms with E-state index in [-0.39, 0.29) is 11.7 Å². The number of aromatic hydroxyl groups is 1. The predicted octanol–water partition coefficient (Wildman–Crippen LogP) is 4.99. The van der Waals surface area contributed by atoms with E-state index in [2.05, 4.69) is 20.9 Å². The smallest absolute Gasteiger partial charge is 0.282 e. The molecule has 1 aliphatic heterocycles. The van der Waals surface area contributed by atoms with Crippen LogP contribution in [0.15, 0.2) is 94.0 Å². The van der Waals surface area contributed by atoms with Crippen LogP contribution in [0.4, 0.5) is 5.69 Å². The van der Waals surface area contributed by atoms with Crippen molar-refractivity contribution in [3.63, 3.8) is 0 Å². The minimum Gasteiger partial charge on any atom is -0.507 e. The van der Waals surface area contributed by atoms with Crippen LogP contribution in [0.1, 0.15) is 11.1 Å². The molecule has 1 N–H and O–H groups in total. The average Bonchev–Trinajstić information content (AvgIpc) is 3.02. The summed E-state index contributed by atoms with van der Waals surface area (Å²) in [7, 11) is 0. The van der Waals surface area contributed by atoms with Gasteiger partial charge < -0.3 is 5.11 Å². The Labute approximate surface area is 165 Å². The summed E-state index contributed by atoms with van der Waals surface area (Å²) in [6.07, 6.45) is 1.72. The Kier molecular flexibility index (Phi) is 4.60. The largest absolute Gasteiger partial charge is 0.507 e. The number of hydrogen-bond acceptors (Lipinski definition) is 3. The third-order valence-electron chi connectivity index (χ3n) is 4.18. The van der Waals surface area contributed by atoms with E-state index >= 15 is 0 Å². The summed E-state index contributed by atoms with van der Waals surface area (Å²) in [6.45, 7) is 0. The number of amidine groups is 1. The number of nitrogens with zero attached hydrogens (tertiary/aromatic N) is 2. The van der Waals surface area contributed by atoms with Crippen LogP contribution in [-0.4, -0.2) is 16.8 Å². The summed E-state index contributed by atoms with van der Waals surface area (Å²) in [5.74, 6) is 0.550. The van der Waals surface area contributed by atoms with Crippen molar-refractivity contribution in [1.29, 1.82) is 0 Å². The summed E-state index contributed by atoms with van der Waals surface area (Å²) >= 11 is 3.30. The molecule has 0 unspecified atom stereocenters. The van der Waals surface area contributed by atoms with Crippen LogP contribution < -0.4 is 4.90 Å². The quantitative estimate of drug-likeness (QED) is 0.609. The first-order chi connectivity index (χ1) is 13.1. The van der Waals surface area contributed by atoms with Crippen molar-refractivity contribution in [1.82, 2.24) is 0 Å². The molecule has 0 bridgehead atoms. The highest BCUT2D eigenvalue weighted by Crippen LogP contribution is 2.29. The van der Waals surface area contributed by atoms with Crippen molar-refractivity contribution in [2.75, 3.05) is 4.90 Å². The molecule has 3 aromatic rings. The zero-order valence-corrected chi connectivity index (χ0v) is 15.8. The Morgan fingerprint density at radius 2 is 1.59 bits per heavy atom. The topological polar surface area (TPSA) is 52.9 Å². The van der Waals surface area contributed by atoms with E-state index < -0.39 is 0 Å². The number of carbonyl (C=O) groups is 1. The number of phenols is 1. The number of hydrogen-bond donors (Lipinski definition) is 1. The highest BCUT2D eigenvalue weighted by Gasteiger charge is 2.32. The molecular formula is C22H15BrN2O2. The maximum Gasteiger partial charge on any atom is 0.282 e. The van der Waals surface area contributed by atoms with E-state index in [4.69, 9.17) is 0 Å². The Bertz CT molecular complexity index is 1060. The fourth-order valence-electron chi connectivity index (χ4n) is 2.88. The van der Waals surface area contributed by atoms with Crippen molar-refractivity contribution in [3.8, 4) is 5.75 Å². The second-order valence-electron chi connectivity index (χ2n) is 6.02. The normalized spacial score (nSPS) is 15.3. The zero-order chi connectivity index (χ0) is 18.8. The van der Waals surface area contributed by atoms with Gasteiger partial charge in [-0.3, -0.25) is 9.69 Å². The van der Waals surface area contributed by atoms with Gasteiger partial charge in [-0.15, -0.1) is 0 Å². The third kappa shape index (κ3) is 3.41. The highest BCUT2D eigenvalue weighted by molar-refractivity contribution is 9.10. The lowest BCUT2D eigenvalue weighted by molar-refractivity contribution is -0.113. The van der Waals surface area contributed by atoms with Crippen LogP contribution in [0.3, 0.4) is 0 Å². The maximum atomic E-state index is 13.1. The van der Waals surface area contributed by atoms with Crippen LogP contribution in [0.5, 0.6) is 5.75 Å². The van der Waals surface area contributed by atoms with E-state index in [0.717, 1.165) is 16.8 Å². The van der Waals surface area contributed by atoms with Gasteiger partial charge in [0, 0.05) is 5.56 Å². The number of phenolic OH excluding ortho intramolecular Hbond substituents is 1. The van der Waals surface area contributed by atoms with Gasteiger partial charge in [0.25, 0.3) is 5.91 Å². The molecule has 0 aromatic heterocycles. The lowest BCUT2D eigenvalue weighted by Gasteiger charge is -2.18. The van der Waals surface area contributed by atoms with E-state index in [1.54, 1.807) is 29.2 Å². The molecule has 0 radical (unpaired) electrons. The molecule has 0 atom stereocenters. The van der Waals surface area contributed by atoms with Gasteiger partial charge >= 0.3 is 0 Å². The monoisotopic (exact) mass is 418 g/mol. The summed E-state index contributed by atoms with van der Waals surface area (Å²) in [5, 5.41) is 9.67. The summed E-state index contributed by atoms with van der Waals surface area (Å²) in [6, 6.07) is 24.2. The summed E-state index contributed by atoms with van der Waals surface area (Å²) in [5.41, 5.74) is 2.75. The third-order valence-corrected chi connectivity index (χ3v) is 4.82. The highest BCUT2D eigenvalue weighted by atomic mass is 79.9. The van der Waals surface area contributed by atoms with Gasteiger partial charge in [-0.05, 0) is 51.8 Å².